The lowest BCUT2D eigenvalue weighted by atomic mass is 10.2. The molecule has 7 heteroatoms. The number of aromatic nitrogens is 2. The second kappa shape index (κ2) is 8.11. The Morgan fingerprint density at radius 1 is 1.20 bits per heavy atom. The van der Waals surface area contributed by atoms with Crippen LogP contribution in [0.25, 0.3) is 11.0 Å². The molecule has 0 aliphatic carbocycles. The Morgan fingerprint density at radius 2 is 1.96 bits per heavy atom. The minimum absolute atomic E-state index is 0.0231. The predicted molar refractivity (Wildman–Crippen MR) is 94.1 cm³/mol. The van der Waals surface area contributed by atoms with Crippen molar-refractivity contribution in [3.63, 3.8) is 0 Å². The Bertz CT molecular complexity index is 750. The molecular formula is C18H24N4O3. The molecule has 1 aromatic carbocycles. The maximum atomic E-state index is 12.0. The van der Waals surface area contributed by atoms with Crippen molar-refractivity contribution >= 4 is 22.8 Å². The van der Waals surface area contributed by atoms with E-state index in [2.05, 4.69) is 14.9 Å². The van der Waals surface area contributed by atoms with E-state index in [-0.39, 0.29) is 24.7 Å². The fourth-order valence-corrected chi connectivity index (χ4v) is 3.07. The van der Waals surface area contributed by atoms with Crippen molar-refractivity contribution in [3.05, 3.63) is 30.1 Å². The molecule has 134 valence electrons. The zero-order chi connectivity index (χ0) is 17.6. The summed E-state index contributed by atoms with van der Waals surface area (Å²) in [6.07, 6.45) is 0.471. The molecule has 2 aromatic rings. The van der Waals surface area contributed by atoms with Crippen LogP contribution in [-0.2, 0) is 20.9 Å². The van der Waals surface area contributed by atoms with Gasteiger partial charge in [0, 0.05) is 39.0 Å². The number of imidazole rings is 1. The molecule has 3 rings (SSSR count). The maximum Gasteiger partial charge on any atom is 0.223 e. The van der Waals surface area contributed by atoms with Gasteiger partial charge in [-0.2, -0.15) is 0 Å². The van der Waals surface area contributed by atoms with Crippen molar-refractivity contribution in [2.45, 2.75) is 26.3 Å². The zero-order valence-electron chi connectivity index (χ0n) is 14.5. The number of ether oxygens (including phenoxy) is 1. The van der Waals surface area contributed by atoms with Crippen LogP contribution in [0, 0.1) is 6.92 Å². The summed E-state index contributed by atoms with van der Waals surface area (Å²) >= 11 is 0. The maximum absolute atomic E-state index is 12.0. The van der Waals surface area contributed by atoms with Gasteiger partial charge in [-0.05, 0) is 19.1 Å². The molecule has 1 fully saturated rings. The fourth-order valence-electron chi connectivity index (χ4n) is 3.07. The second-order valence-corrected chi connectivity index (χ2v) is 6.14. The van der Waals surface area contributed by atoms with Gasteiger partial charge in [-0.25, -0.2) is 4.98 Å². The number of aryl methyl sites for hydroxylation is 1. The third-order valence-corrected chi connectivity index (χ3v) is 4.43. The summed E-state index contributed by atoms with van der Waals surface area (Å²) in [5.41, 5.74) is 2.03. The van der Waals surface area contributed by atoms with Gasteiger partial charge in [0.05, 0.1) is 24.2 Å². The number of hydrogen-bond acceptors (Lipinski definition) is 4. The summed E-state index contributed by atoms with van der Waals surface area (Å²) in [5.74, 6) is 0.858. The third-order valence-electron chi connectivity index (χ3n) is 4.43. The van der Waals surface area contributed by atoms with Crippen LogP contribution in [-0.4, -0.2) is 59.1 Å². The summed E-state index contributed by atoms with van der Waals surface area (Å²) in [4.78, 5) is 30.3. The van der Waals surface area contributed by atoms with E-state index in [1.807, 2.05) is 31.2 Å². The molecule has 0 saturated carbocycles. The van der Waals surface area contributed by atoms with E-state index in [4.69, 9.17) is 4.74 Å². The number of para-hydroxylation sites is 2. The normalized spacial score (nSPS) is 14.7. The minimum atomic E-state index is -0.0938. The standard InChI is InChI=1S/C18H24N4O3/c1-14-20-15-4-2-3-5-16(15)22(14)9-8-19-17(23)6-7-18(24)21-10-12-25-13-11-21/h2-5H,6-13H2,1H3,(H,19,23). The predicted octanol–water partition coefficient (Wildman–Crippen LogP) is 1.10. The van der Waals surface area contributed by atoms with Crippen molar-refractivity contribution in [1.29, 1.82) is 0 Å². The Hall–Kier alpha value is -2.41. The van der Waals surface area contributed by atoms with E-state index in [0.717, 1.165) is 16.9 Å². The Balaban J connectivity index is 1.43. The van der Waals surface area contributed by atoms with E-state index in [1.54, 1.807) is 4.90 Å². The summed E-state index contributed by atoms with van der Waals surface area (Å²) in [6.45, 7) is 5.54. The van der Waals surface area contributed by atoms with Crippen LogP contribution >= 0.6 is 0 Å². The van der Waals surface area contributed by atoms with Gasteiger partial charge in [0.2, 0.25) is 11.8 Å². The van der Waals surface area contributed by atoms with Crippen LogP contribution in [0.1, 0.15) is 18.7 Å². The number of carbonyl (C=O) groups is 2. The van der Waals surface area contributed by atoms with E-state index in [9.17, 15) is 9.59 Å². The molecule has 0 atom stereocenters. The monoisotopic (exact) mass is 344 g/mol. The van der Waals surface area contributed by atoms with Gasteiger partial charge in [-0.1, -0.05) is 12.1 Å². The highest BCUT2D eigenvalue weighted by molar-refractivity contribution is 5.83. The molecule has 0 bridgehead atoms. The van der Waals surface area contributed by atoms with Crippen LogP contribution < -0.4 is 5.32 Å². The second-order valence-electron chi connectivity index (χ2n) is 6.14. The lowest BCUT2D eigenvalue weighted by Gasteiger charge is -2.26. The number of nitrogens with zero attached hydrogens (tertiary/aromatic N) is 3. The largest absolute Gasteiger partial charge is 0.378 e. The Kier molecular flexibility index (Phi) is 5.65. The van der Waals surface area contributed by atoms with Gasteiger partial charge in [0.1, 0.15) is 5.82 Å². The van der Waals surface area contributed by atoms with Crippen molar-refractivity contribution in [2.24, 2.45) is 0 Å². The zero-order valence-corrected chi connectivity index (χ0v) is 14.5. The van der Waals surface area contributed by atoms with Gasteiger partial charge in [0.25, 0.3) is 0 Å². The van der Waals surface area contributed by atoms with Crippen LogP contribution in [0.15, 0.2) is 24.3 Å². The molecule has 1 aliphatic heterocycles. The first kappa shape index (κ1) is 17.4. The van der Waals surface area contributed by atoms with Gasteiger partial charge in [0.15, 0.2) is 0 Å². The molecule has 25 heavy (non-hydrogen) atoms. The molecule has 0 unspecified atom stereocenters. The first-order valence-electron chi connectivity index (χ1n) is 8.69. The van der Waals surface area contributed by atoms with E-state index in [1.165, 1.54) is 0 Å². The average Bonchev–Trinajstić information content (AvgIpc) is 2.96. The fraction of sp³-hybridized carbons (Fsp3) is 0.500. The number of hydrogen-bond donors (Lipinski definition) is 1. The van der Waals surface area contributed by atoms with E-state index < -0.39 is 0 Å². The molecule has 2 amide bonds. The molecule has 7 nitrogen and oxygen atoms in total. The molecule has 2 heterocycles. The van der Waals surface area contributed by atoms with Gasteiger partial charge in [-0.15, -0.1) is 0 Å². The van der Waals surface area contributed by atoms with Crippen molar-refractivity contribution < 1.29 is 14.3 Å². The van der Waals surface area contributed by atoms with Crippen LogP contribution in [0.2, 0.25) is 0 Å². The molecular weight excluding hydrogens is 320 g/mol. The number of carbonyl (C=O) groups excluding carboxylic acids is 2. The van der Waals surface area contributed by atoms with Gasteiger partial charge < -0.3 is 19.5 Å². The number of benzene rings is 1. The first-order chi connectivity index (χ1) is 12.1. The highest BCUT2D eigenvalue weighted by Gasteiger charge is 2.17. The number of amides is 2. The van der Waals surface area contributed by atoms with Crippen molar-refractivity contribution in [1.82, 2.24) is 19.8 Å². The molecule has 1 aliphatic rings. The quantitative estimate of drug-likeness (QED) is 0.851. The number of morpholine rings is 1. The van der Waals surface area contributed by atoms with Gasteiger partial charge >= 0.3 is 0 Å². The summed E-state index contributed by atoms with van der Waals surface area (Å²) in [6, 6.07) is 7.95. The third kappa shape index (κ3) is 4.36. The molecule has 0 spiro atoms. The van der Waals surface area contributed by atoms with Crippen LogP contribution in [0.3, 0.4) is 0 Å². The Morgan fingerprint density at radius 3 is 2.76 bits per heavy atom. The molecule has 1 N–H and O–H groups in total. The highest BCUT2D eigenvalue weighted by atomic mass is 16.5. The smallest absolute Gasteiger partial charge is 0.223 e. The SMILES string of the molecule is Cc1nc2ccccc2n1CCNC(=O)CCC(=O)N1CCOCC1. The summed E-state index contributed by atoms with van der Waals surface area (Å²) in [7, 11) is 0. The van der Waals surface area contributed by atoms with Crippen LogP contribution in [0.5, 0.6) is 0 Å². The van der Waals surface area contributed by atoms with Crippen molar-refractivity contribution in [2.75, 3.05) is 32.8 Å². The van der Waals surface area contributed by atoms with Gasteiger partial charge in [-0.3, -0.25) is 9.59 Å². The summed E-state index contributed by atoms with van der Waals surface area (Å²) in [5, 5.41) is 2.89. The lowest BCUT2D eigenvalue weighted by Crippen LogP contribution is -2.41. The molecule has 1 aromatic heterocycles. The number of nitrogens with one attached hydrogen (secondary N) is 1. The summed E-state index contributed by atoms with van der Waals surface area (Å²) < 4.78 is 7.32. The van der Waals surface area contributed by atoms with Crippen LogP contribution in [0.4, 0.5) is 0 Å². The number of fused-ring (bicyclic) bond motifs is 1. The van der Waals surface area contributed by atoms with Crippen molar-refractivity contribution in [3.8, 4) is 0 Å². The minimum Gasteiger partial charge on any atom is -0.378 e. The molecule has 1 saturated heterocycles. The molecule has 0 radical (unpaired) electrons. The average molecular weight is 344 g/mol. The Labute approximate surface area is 147 Å². The highest BCUT2D eigenvalue weighted by Crippen LogP contribution is 2.14. The topological polar surface area (TPSA) is 76.5 Å². The lowest BCUT2D eigenvalue weighted by molar-refractivity contribution is -0.137. The number of rotatable bonds is 6. The van der Waals surface area contributed by atoms with E-state index in [0.29, 0.717) is 39.4 Å². The van der Waals surface area contributed by atoms with E-state index >= 15 is 0 Å². The first-order valence-corrected chi connectivity index (χ1v) is 8.69.